The second-order valence-electron chi connectivity index (χ2n) is 6.78. The molecule has 2 atom stereocenters. The van der Waals surface area contributed by atoms with Gasteiger partial charge in [0.05, 0.1) is 11.6 Å². The maximum atomic E-state index is 14.4. The molecule has 9 heteroatoms. The third-order valence-electron chi connectivity index (χ3n) is 5.19. The van der Waals surface area contributed by atoms with Gasteiger partial charge in [-0.25, -0.2) is 8.78 Å². The fourth-order valence-corrected chi connectivity index (χ4v) is 3.88. The van der Waals surface area contributed by atoms with Crippen molar-refractivity contribution < 1.29 is 36.2 Å². The quantitative estimate of drug-likeness (QED) is 0.745. The second-order valence-corrected chi connectivity index (χ2v) is 6.78. The van der Waals surface area contributed by atoms with Crippen LogP contribution in [0.1, 0.15) is 28.7 Å². The predicted octanol–water partition coefficient (Wildman–Crippen LogP) is 4.70. The van der Waals surface area contributed by atoms with Gasteiger partial charge >= 0.3 is 11.8 Å². The van der Waals surface area contributed by atoms with Gasteiger partial charge in [0.15, 0.2) is 5.60 Å². The number of hydrogen-bond acceptors (Lipinski definition) is 3. The maximum Gasteiger partial charge on any atom is 0.349 e. The van der Waals surface area contributed by atoms with Crippen LogP contribution in [-0.2, 0) is 17.9 Å². The molecule has 0 heterocycles. The third kappa shape index (κ3) is 2.15. The molecule has 0 spiro atoms. The first kappa shape index (κ1) is 18.6. The summed E-state index contributed by atoms with van der Waals surface area (Å²) >= 11 is 0. The van der Waals surface area contributed by atoms with Crippen LogP contribution in [0.3, 0.4) is 0 Å². The summed E-state index contributed by atoms with van der Waals surface area (Å²) in [6.45, 7) is 0. The zero-order valence-electron chi connectivity index (χ0n) is 13.9. The number of ether oxygens (including phenoxy) is 1. The molecule has 2 aliphatic rings. The van der Waals surface area contributed by atoms with Crippen LogP contribution < -0.4 is 4.74 Å². The highest BCUT2D eigenvalue weighted by Gasteiger charge is 2.79. The van der Waals surface area contributed by atoms with Gasteiger partial charge in [-0.15, -0.1) is 0 Å². The van der Waals surface area contributed by atoms with E-state index in [0.717, 1.165) is 18.2 Å². The fourth-order valence-electron chi connectivity index (χ4n) is 3.88. The van der Waals surface area contributed by atoms with Crippen LogP contribution in [0, 0.1) is 17.1 Å². The molecule has 2 aliphatic carbocycles. The Bertz CT molecular complexity index is 1030. The molecule has 146 valence electrons. The first-order valence-corrected chi connectivity index (χ1v) is 8.21. The van der Waals surface area contributed by atoms with E-state index in [1.807, 2.05) is 0 Å². The number of rotatable bonds is 2. The van der Waals surface area contributed by atoms with Gasteiger partial charge in [0.25, 0.3) is 0 Å². The third-order valence-corrected chi connectivity index (χ3v) is 5.19. The Morgan fingerprint density at radius 3 is 2.54 bits per heavy atom. The number of nitriles is 1. The zero-order chi connectivity index (χ0) is 20.5. The van der Waals surface area contributed by atoms with E-state index in [9.17, 15) is 31.4 Å². The Kier molecular flexibility index (Phi) is 3.75. The molecular formula is C19H11F6NO2. The van der Waals surface area contributed by atoms with Crippen molar-refractivity contribution in [3.63, 3.8) is 0 Å². The lowest BCUT2D eigenvalue weighted by Gasteiger charge is -2.38. The molecule has 0 aliphatic heterocycles. The van der Waals surface area contributed by atoms with Crippen molar-refractivity contribution >= 4 is 0 Å². The van der Waals surface area contributed by atoms with E-state index < -0.39 is 47.0 Å². The number of hydrogen-bond donors (Lipinski definition) is 1. The highest BCUT2D eigenvalue weighted by atomic mass is 19.3. The van der Waals surface area contributed by atoms with Crippen molar-refractivity contribution in [1.29, 1.82) is 5.26 Å². The smallest absolute Gasteiger partial charge is 0.349 e. The van der Waals surface area contributed by atoms with Crippen molar-refractivity contribution in [2.45, 2.75) is 36.5 Å². The zero-order valence-corrected chi connectivity index (χ0v) is 13.9. The molecule has 0 bridgehead atoms. The van der Waals surface area contributed by atoms with E-state index in [4.69, 9.17) is 10.00 Å². The fraction of sp³-hybridized carbons (Fsp3) is 0.316. The highest BCUT2D eigenvalue weighted by molar-refractivity contribution is 5.58. The molecule has 2 aromatic carbocycles. The molecule has 0 saturated heterocycles. The number of halogens is 6. The van der Waals surface area contributed by atoms with Crippen LogP contribution in [0.4, 0.5) is 26.3 Å². The van der Waals surface area contributed by atoms with Gasteiger partial charge in [0.1, 0.15) is 23.5 Å². The van der Waals surface area contributed by atoms with Gasteiger partial charge in [0.2, 0.25) is 0 Å². The monoisotopic (exact) mass is 399 g/mol. The van der Waals surface area contributed by atoms with Gasteiger partial charge in [0, 0.05) is 22.8 Å². The van der Waals surface area contributed by atoms with E-state index >= 15 is 0 Å². The Hall–Kier alpha value is -2.73. The van der Waals surface area contributed by atoms with Crippen LogP contribution >= 0.6 is 0 Å². The Labute approximate surface area is 154 Å². The van der Waals surface area contributed by atoms with Gasteiger partial charge in [-0.05, 0) is 37.1 Å². The topological polar surface area (TPSA) is 53.2 Å². The number of nitrogens with zero attached hydrogens (tertiary/aromatic N) is 1. The number of aliphatic hydroxyl groups is 1. The van der Waals surface area contributed by atoms with E-state index in [1.54, 1.807) is 6.07 Å². The van der Waals surface area contributed by atoms with Gasteiger partial charge < -0.3 is 9.84 Å². The lowest BCUT2D eigenvalue weighted by molar-refractivity contribution is -0.302. The van der Waals surface area contributed by atoms with Crippen molar-refractivity contribution in [2.75, 3.05) is 0 Å². The van der Waals surface area contributed by atoms with Crippen molar-refractivity contribution in [1.82, 2.24) is 0 Å². The summed E-state index contributed by atoms with van der Waals surface area (Å²) in [5.74, 6) is -11.0. The number of benzene rings is 2. The number of alkyl halides is 5. The molecule has 4 rings (SSSR count). The average molecular weight is 399 g/mol. The van der Waals surface area contributed by atoms with Crippen LogP contribution in [0.25, 0.3) is 0 Å². The van der Waals surface area contributed by atoms with Gasteiger partial charge in [-0.2, -0.15) is 22.8 Å². The van der Waals surface area contributed by atoms with Crippen molar-refractivity contribution in [3.05, 3.63) is 58.4 Å². The minimum atomic E-state index is -5.05. The van der Waals surface area contributed by atoms with Crippen molar-refractivity contribution in [2.24, 2.45) is 0 Å². The maximum absolute atomic E-state index is 14.4. The molecule has 0 amide bonds. The SMILES string of the molecule is N#Cc1cc(F)cc(Oc2ccc3c4c2CCC(F)C4(O)C(F)(F)C3(F)F)c1. The Morgan fingerprint density at radius 1 is 1.14 bits per heavy atom. The molecule has 3 nitrogen and oxygen atoms in total. The normalized spacial score (nSPS) is 26.4. The lowest BCUT2D eigenvalue weighted by atomic mass is 9.77. The standard InChI is InChI=1S/C19H11F6NO2/c20-10-5-9(8-26)6-11(7-10)28-14-3-2-13-16-12(14)1-4-15(21)17(16,27)19(24,25)18(13,22)23/h2-3,5-7,15,27H,1,4H2. The van der Waals surface area contributed by atoms with E-state index in [0.29, 0.717) is 6.07 Å². The largest absolute Gasteiger partial charge is 0.457 e. The van der Waals surface area contributed by atoms with Crippen LogP contribution in [-0.4, -0.2) is 17.2 Å². The minimum absolute atomic E-state index is 0.0804. The summed E-state index contributed by atoms with van der Waals surface area (Å²) in [7, 11) is 0. The second kappa shape index (κ2) is 5.64. The molecule has 0 aromatic heterocycles. The summed E-state index contributed by atoms with van der Waals surface area (Å²) in [6, 6.07) is 6.35. The highest BCUT2D eigenvalue weighted by Crippen LogP contribution is 2.65. The molecule has 1 N–H and O–H groups in total. The molecular weight excluding hydrogens is 388 g/mol. The molecule has 28 heavy (non-hydrogen) atoms. The lowest BCUT2D eigenvalue weighted by Crippen LogP contribution is -2.55. The molecule has 0 fully saturated rings. The first-order valence-electron chi connectivity index (χ1n) is 8.21. The minimum Gasteiger partial charge on any atom is -0.457 e. The van der Waals surface area contributed by atoms with E-state index in [-0.39, 0.29) is 29.0 Å². The van der Waals surface area contributed by atoms with Crippen molar-refractivity contribution in [3.8, 4) is 17.6 Å². The molecule has 2 aromatic rings. The Morgan fingerprint density at radius 2 is 1.86 bits per heavy atom. The first-order chi connectivity index (χ1) is 13.0. The summed E-state index contributed by atoms with van der Waals surface area (Å²) in [6.07, 6.45) is -3.47. The van der Waals surface area contributed by atoms with E-state index in [1.165, 1.54) is 6.07 Å². The summed E-state index contributed by atoms with van der Waals surface area (Å²) in [5.41, 5.74) is -6.03. The van der Waals surface area contributed by atoms with Crippen LogP contribution in [0.2, 0.25) is 0 Å². The predicted molar refractivity (Wildman–Crippen MR) is 83.6 cm³/mol. The van der Waals surface area contributed by atoms with Crippen LogP contribution in [0.15, 0.2) is 30.3 Å². The summed E-state index contributed by atoms with van der Waals surface area (Å²) < 4.78 is 90.6. The molecule has 0 saturated carbocycles. The average Bonchev–Trinajstić information content (AvgIpc) is 2.75. The van der Waals surface area contributed by atoms with Crippen LogP contribution in [0.5, 0.6) is 11.5 Å². The van der Waals surface area contributed by atoms with Gasteiger partial charge in [-0.1, -0.05) is 0 Å². The molecule has 2 unspecified atom stereocenters. The van der Waals surface area contributed by atoms with E-state index in [2.05, 4.69) is 0 Å². The summed E-state index contributed by atoms with van der Waals surface area (Å²) in [5, 5.41) is 19.3. The molecule has 0 radical (unpaired) electrons. The summed E-state index contributed by atoms with van der Waals surface area (Å²) in [4.78, 5) is 0. The van der Waals surface area contributed by atoms with Gasteiger partial charge in [-0.3, -0.25) is 0 Å². The Balaban J connectivity index is 1.90.